The van der Waals surface area contributed by atoms with E-state index < -0.39 is 11.7 Å². The number of hydrogen-bond donors (Lipinski definition) is 1. The predicted octanol–water partition coefficient (Wildman–Crippen LogP) is 2.93. The van der Waals surface area contributed by atoms with Gasteiger partial charge in [0.1, 0.15) is 6.61 Å². The molecule has 0 spiro atoms. The maximum atomic E-state index is 12.5. The van der Waals surface area contributed by atoms with Crippen molar-refractivity contribution in [1.82, 2.24) is 25.0 Å². The third kappa shape index (κ3) is 7.52. The molecule has 0 fully saturated rings. The van der Waals surface area contributed by atoms with Gasteiger partial charge in [-0.25, -0.2) is 9.98 Å². The molecular weight excluding hydrogens is 488 g/mol. The van der Waals surface area contributed by atoms with Crippen LogP contribution < -0.4 is 10.1 Å². The second kappa shape index (κ2) is 11.1. The van der Waals surface area contributed by atoms with Gasteiger partial charge in [0.2, 0.25) is 5.88 Å². The summed E-state index contributed by atoms with van der Waals surface area (Å²) in [6.45, 7) is 3.85. The molecule has 0 saturated heterocycles. The fourth-order valence-corrected chi connectivity index (χ4v) is 2.31. The smallest absolute Gasteiger partial charge is 0.417 e. The van der Waals surface area contributed by atoms with Gasteiger partial charge in [0.05, 0.1) is 18.3 Å². The van der Waals surface area contributed by atoms with Gasteiger partial charge in [0.25, 0.3) is 0 Å². The first-order chi connectivity index (χ1) is 12.8. The fraction of sp³-hybridized carbons (Fsp3) is 0.471. The van der Waals surface area contributed by atoms with Crippen LogP contribution in [0.5, 0.6) is 5.88 Å². The van der Waals surface area contributed by atoms with Crippen molar-refractivity contribution in [2.45, 2.75) is 19.6 Å². The third-order valence-corrected chi connectivity index (χ3v) is 3.54. The van der Waals surface area contributed by atoms with E-state index in [0.717, 1.165) is 17.8 Å². The van der Waals surface area contributed by atoms with Crippen LogP contribution in [0.3, 0.4) is 0 Å². The summed E-state index contributed by atoms with van der Waals surface area (Å²) < 4.78 is 44.6. The van der Waals surface area contributed by atoms with Crippen LogP contribution in [0.15, 0.2) is 35.7 Å². The summed E-state index contributed by atoms with van der Waals surface area (Å²) in [5, 5.41) is 7.32. The fourth-order valence-electron chi connectivity index (χ4n) is 2.31. The van der Waals surface area contributed by atoms with E-state index in [4.69, 9.17) is 4.74 Å². The second-order valence-electron chi connectivity index (χ2n) is 5.85. The number of aliphatic imine (C=N–C) groups is 1. The van der Waals surface area contributed by atoms with Gasteiger partial charge in [-0.1, -0.05) is 0 Å². The van der Waals surface area contributed by atoms with Gasteiger partial charge in [-0.3, -0.25) is 4.68 Å². The quantitative estimate of drug-likeness (QED) is 0.268. The predicted molar refractivity (Wildman–Crippen MR) is 111 cm³/mol. The maximum Gasteiger partial charge on any atom is 0.417 e. The molecule has 2 rings (SSSR count). The number of rotatable bonds is 7. The minimum atomic E-state index is -4.41. The van der Waals surface area contributed by atoms with E-state index in [1.165, 1.54) is 6.07 Å². The Balaban J connectivity index is 0.00000392. The van der Waals surface area contributed by atoms with Crippen LogP contribution >= 0.6 is 24.0 Å². The van der Waals surface area contributed by atoms with E-state index in [2.05, 4.69) is 20.4 Å². The standard InChI is InChI=1S/C17H23F3N6O.HI/c1-4-21-16(25(2)11-13-9-24-26(3)12-13)22-7-8-27-15-6-5-14(10-23-15)17(18,19)20;/h5-6,9-10,12H,4,7-8,11H2,1-3H3,(H,21,22);1H. The van der Waals surface area contributed by atoms with Crippen molar-refractivity contribution >= 4 is 29.9 Å². The summed E-state index contributed by atoms with van der Waals surface area (Å²) in [5.41, 5.74) is 0.245. The molecule has 11 heteroatoms. The van der Waals surface area contributed by atoms with E-state index in [-0.39, 0.29) is 36.5 Å². The Morgan fingerprint density at radius 1 is 1.32 bits per heavy atom. The number of alkyl halides is 3. The Bertz CT molecular complexity index is 748. The lowest BCUT2D eigenvalue weighted by molar-refractivity contribution is -0.137. The molecule has 156 valence electrons. The normalized spacial score (nSPS) is 11.7. The number of guanidine groups is 1. The Hall–Kier alpha value is -2.05. The summed E-state index contributed by atoms with van der Waals surface area (Å²) in [6, 6.07) is 2.14. The zero-order chi connectivity index (χ0) is 19.9. The SMILES string of the molecule is CCNC(=NCCOc1ccc(C(F)(F)F)cn1)N(C)Cc1cnn(C)c1.I. The molecule has 0 saturated carbocycles. The van der Waals surface area contributed by atoms with Crippen molar-refractivity contribution in [3.05, 3.63) is 41.9 Å². The minimum Gasteiger partial charge on any atom is -0.476 e. The molecule has 0 aliphatic rings. The lowest BCUT2D eigenvalue weighted by Gasteiger charge is -2.21. The number of hydrogen-bond acceptors (Lipinski definition) is 4. The van der Waals surface area contributed by atoms with Gasteiger partial charge in [-0.2, -0.15) is 18.3 Å². The van der Waals surface area contributed by atoms with Gasteiger partial charge in [0, 0.05) is 51.2 Å². The van der Waals surface area contributed by atoms with Gasteiger partial charge in [0.15, 0.2) is 5.96 Å². The first-order valence-electron chi connectivity index (χ1n) is 8.42. The Morgan fingerprint density at radius 3 is 2.61 bits per heavy atom. The van der Waals surface area contributed by atoms with Crippen LogP contribution in [0, 0.1) is 0 Å². The van der Waals surface area contributed by atoms with E-state index in [9.17, 15) is 13.2 Å². The van der Waals surface area contributed by atoms with Crippen LogP contribution in [0.1, 0.15) is 18.1 Å². The summed E-state index contributed by atoms with van der Waals surface area (Å²) in [5.74, 6) is 0.831. The van der Waals surface area contributed by atoms with Crippen molar-refractivity contribution in [1.29, 1.82) is 0 Å². The van der Waals surface area contributed by atoms with E-state index >= 15 is 0 Å². The molecule has 0 radical (unpaired) electrons. The molecule has 0 bridgehead atoms. The lowest BCUT2D eigenvalue weighted by atomic mass is 10.3. The molecule has 7 nitrogen and oxygen atoms in total. The zero-order valence-electron chi connectivity index (χ0n) is 15.9. The largest absolute Gasteiger partial charge is 0.476 e. The number of aryl methyl sites for hydroxylation is 1. The summed E-state index contributed by atoms with van der Waals surface area (Å²) in [6.07, 6.45) is 0.0681. The van der Waals surface area contributed by atoms with Crippen LogP contribution in [0.2, 0.25) is 0 Å². The second-order valence-corrected chi connectivity index (χ2v) is 5.85. The van der Waals surface area contributed by atoms with E-state index in [0.29, 0.717) is 25.6 Å². The Morgan fingerprint density at radius 2 is 2.07 bits per heavy atom. The number of nitrogens with zero attached hydrogens (tertiary/aromatic N) is 5. The lowest BCUT2D eigenvalue weighted by Crippen LogP contribution is -2.38. The number of pyridine rings is 1. The topological polar surface area (TPSA) is 67.6 Å². The molecule has 0 aliphatic carbocycles. The molecular formula is C17H24F3IN6O. The van der Waals surface area contributed by atoms with Crippen LogP contribution in [0.25, 0.3) is 0 Å². The average molecular weight is 512 g/mol. The molecule has 2 heterocycles. The number of aromatic nitrogens is 3. The van der Waals surface area contributed by atoms with Crippen LogP contribution in [-0.2, 0) is 19.8 Å². The van der Waals surface area contributed by atoms with Gasteiger partial charge in [-0.15, -0.1) is 24.0 Å². The monoisotopic (exact) mass is 512 g/mol. The molecule has 0 aromatic carbocycles. The average Bonchev–Trinajstić information content (AvgIpc) is 3.02. The maximum absolute atomic E-state index is 12.5. The number of nitrogens with one attached hydrogen (secondary N) is 1. The van der Waals surface area contributed by atoms with Gasteiger partial charge in [-0.05, 0) is 13.0 Å². The molecule has 2 aromatic heterocycles. The molecule has 0 atom stereocenters. The highest BCUT2D eigenvalue weighted by atomic mass is 127. The first kappa shape index (κ1) is 24.0. The van der Waals surface area contributed by atoms with Crippen molar-refractivity contribution in [3.8, 4) is 5.88 Å². The van der Waals surface area contributed by atoms with Gasteiger partial charge >= 0.3 is 6.18 Å². The number of ether oxygens (including phenoxy) is 1. The molecule has 0 amide bonds. The number of halogens is 4. The Labute approximate surface area is 179 Å². The molecule has 1 N–H and O–H groups in total. The third-order valence-electron chi connectivity index (χ3n) is 3.54. The van der Waals surface area contributed by atoms with E-state index in [1.807, 2.05) is 32.1 Å². The molecule has 0 unspecified atom stereocenters. The van der Waals surface area contributed by atoms with Gasteiger partial charge < -0.3 is 15.0 Å². The first-order valence-corrected chi connectivity index (χ1v) is 8.42. The zero-order valence-corrected chi connectivity index (χ0v) is 18.2. The minimum absolute atomic E-state index is 0. The molecule has 2 aromatic rings. The van der Waals surface area contributed by atoms with Crippen molar-refractivity contribution in [3.63, 3.8) is 0 Å². The Kier molecular flexibility index (Phi) is 9.49. The highest BCUT2D eigenvalue weighted by molar-refractivity contribution is 14.0. The van der Waals surface area contributed by atoms with E-state index in [1.54, 1.807) is 10.9 Å². The van der Waals surface area contributed by atoms with Crippen molar-refractivity contribution in [2.75, 3.05) is 26.7 Å². The highest BCUT2D eigenvalue weighted by Crippen LogP contribution is 2.29. The van der Waals surface area contributed by atoms with Crippen LogP contribution in [-0.4, -0.2) is 52.4 Å². The molecule has 28 heavy (non-hydrogen) atoms. The van der Waals surface area contributed by atoms with Crippen LogP contribution in [0.4, 0.5) is 13.2 Å². The molecule has 0 aliphatic heterocycles. The van der Waals surface area contributed by atoms with Crippen molar-refractivity contribution in [2.24, 2.45) is 12.0 Å². The summed E-state index contributed by atoms with van der Waals surface area (Å²) >= 11 is 0. The van der Waals surface area contributed by atoms with Crippen molar-refractivity contribution < 1.29 is 17.9 Å². The summed E-state index contributed by atoms with van der Waals surface area (Å²) in [4.78, 5) is 10.1. The summed E-state index contributed by atoms with van der Waals surface area (Å²) in [7, 11) is 3.77. The highest BCUT2D eigenvalue weighted by Gasteiger charge is 2.30.